The summed E-state index contributed by atoms with van der Waals surface area (Å²) in [5, 5.41) is 2.71. The van der Waals surface area contributed by atoms with E-state index in [2.05, 4.69) is 30.5 Å². The predicted molar refractivity (Wildman–Crippen MR) is 110 cm³/mol. The average molecular weight is 381 g/mol. The quantitative estimate of drug-likeness (QED) is 0.387. The van der Waals surface area contributed by atoms with Crippen molar-refractivity contribution in [2.24, 2.45) is 0 Å². The number of pyridine rings is 1. The molecule has 2 heterocycles. The Balaban J connectivity index is 1.94. The van der Waals surface area contributed by atoms with Crippen LogP contribution in [0, 0.1) is 13.8 Å². The van der Waals surface area contributed by atoms with Crippen molar-refractivity contribution in [2.45, 2.75) is 20.4 Å². The van der Waals surface area contributed by atoms with Gasteiger partial charge in [-0.05, 0) is 55.3 Å². The molecule has 0 radical (unpaired) electrons. The minimum absolute atomic E-state index is 0.725. The van der Waals surface area contributed by atoms with Crippen molar-refractivity contribution in [3.63, 3.8) is 0 Å². The van der Waals surface area contributed by atoms with E-state index < -0.39 is 0 Å². The summed E-state index contributed by atoms with van der Waals surface area (Å²) in [7, 11) is 0. The summed E-state index contributed by atoms with van der Waals surface area (Å²) in [6, 6.07) is 17.9. The monoisotopic (exact) mass is 380 g/mol. The van der Waals surface area contributed by atoms with Crippen LogP contribution in [-0.4, -0.2) is 9.55 Å². The van der Waals surface area contributed by atoms with Crippen LogP contribution in [0.25, 0.3) is 22.2 Å². The van der Waals surface area contributed by atoms with Gasteiger partial charge in [-0.15, -0.1) is 0 Å². The topological polar surface area (TPSA) is 17.8 Å². The van der Waals surface area contributed by atoms with Gasteiger partial charge in [0.25, 0.3) is 0 Å². The summed E-state index contributed by atoms with van der Waals surface area (Å²) < 4.78 is 2.33. The first-order chi connectivity index (χ1) is 12.5. The minimum atomic E-state index is 0.725. The van der Waals surface area contributed by atoms with Crippen LogP contribution in [0.3, 0.4) is 0 Å². The highest BCUT2D eigenvalue weighted by molar-refractivity contribution is 6.30. The van der Waals surface area contributed by atoms with Gasteiger partial charge in [-0.1, -0.05) is 47.5 Å². The van der Waals surface area contributed by atoms with Crippen LogP contribution in [0.5, 0.6) is 0 Å². The van der Waals surface area contributed by atoms with Gasteiger partial charge in [0.2, 0.25) is 0 Å². The number of hydrogen-bond donors (Lipinski definition) is 0. The molecule has 0 N–H and O–H groups in total. The molecule has 0 saturated carbocycles. The van der Waals surface area contributed by atoms with Gasteiger partial charge in [0.1, 0.15) is 0 Å². The van der Waals surface area contributed by atoms with Crippen LogP contribution >= 0.6 is 23.2 Å². The molecule has 2 aromatic heterocycles. The zero-order valence-electron chi connectivity index (χ0n) is 14.6. The van der Waals surface area contributed by atoms with Crippen LogP contribution in [0.4, 0.5) is 0 Å². The molecule has 0 spiro atoms. The molecule has 130 valence electrons. The van der Waals surface area contributed by atoms with Gasteiger partial charge in [-0.3, -0.25) is 4.98 Å². The lowest BCUT2D eigenvalue weighted by Gasteiger charge is -2.12. The number of benzene rings is 2. The molecular formula is C22H18Cl2N2. The molecule has 0 fully saturated rings. The third-order valence-electron chi connectivity index (χ3n) is 4.89. The fourth-order valence-corrected chi connectivity index (χ4v) is 3.77. The smallest absolute Gasteiger partial charge is 0.0945 e. The highest BCUT2D eigenvalue weighted by Gasteiger charge is 2.16. The Kier molecular flexibility index (Phi) is 4.47. The Morgan fingerprint density at radius 2 is 1.69 bits per heavy atom. The first-order valence-corrected chi connectivity index (χ1v) is 9.25. The number of aromatic nitrogens is 2. The molecule has 4 aromatic rings. The van der Waals surface area contributed by atoms with Crippen molar-refractivity contribution in [2.75, 3.05) is 0 Å². The molecule has 0 saturated heterocycles. The molecule has 0 amide bonds. The summed E-state index contributed by atoms with van der Waals surface area (Å²) in [5.41, 5.74) is 6.86. The maximum Gasteiger partial charge on any atom is 0.0945 e. The predicted octanol–water partition coefficient (Wildman–Crippen LogP) is 6.68. The molecule has 0 aliphatic heterocycles. The first-order valence-electron chi connectivity index (χ1n) is 8.49. The SMILES string of the molecule is Cc1c(C)n(Cc2cccc(Cl)c2)c2c(-c3ccc(Cl)cc3)nccc12. The van der Waals surface area contributed by atoms with E-state index in [1.165, 1.54) is 22.2 Å². The molecule has 0 bridgehead atoms. The van der Waals surface area contributed by atoms with Crippen LogP contribution in [0.2, 0.25) is 10.0 Å². The molecule has 4 rings (SSSR count). The first kappa shape index (κ1) is 17.1. The lowest BCUT2D eigenvalue weighted by molar-refractivity contribution is 0.800. The number of fused-ring (bicyclic) bond motifs is 1. The van der Waals surface area contributed by atoms with E-state index in [1.54, 1.807) is 0 Å². The molecule has 0 aliphatic carbocycles. The second-order valence-electron chi connectivity index (χ2n) is 6.49. The Morgan fingerprint density at radius 1 is 0.923 bits per heavy atom. The van der Waals surface area contributed by atoms with E-state index in [9.17, 15) is 0 Å². The van der Waals surface area contributed by atoms with E-state index in [4.69, 9.17) is 28.2 Å². The van der Waals surface area contributed by atoms with Gasteiger partial charge in [0, 0.05) is 39.4 Å². The normalized spacial score (nSPS) is 11.2. The molecule has 0 atom stereocenters. The standard InChI is InChI=1S/C22H18Cl2N2/c1-14-15(2)26(13-16-4-3-5-19(24)12-16)22-20(14)10-11-25-21(22)17-6-8-18(23)9-7-17/h3-12H,13H2,1-2H3. The molecule has 0 unspecified atom stereocenters. The maximum atomic E-state index is 6.18. The fourth-order valence-electron chi connectivity index (χ4n) is 3.43. The molecule has 0 aliphatic rings. The Bertz CT molecular complexity index is 1100. The second-order valence-corrected chi connectivity index (χ2v) is 7.36. The van der Waals surface area contributed by atoms with Gasteiger partial charge in [0.15, 0.2) is 0 Å². The van der Waals surface area contributed by atoms with Gasteiger partial charge in [-0.25, -0.2) is 0 Å². The van der Waals surface area contributed by atoms with Gasteiger partial charge in [-0.2, -0.15) is 0 Å². The van der Waals surface area contributed by atoms with E-state index in [-0.39, 0.29) is 0 Å². The van der Waals surface area contributed by atoms with Crippen LogP contribution in [0.15, 0.2) is 60.8 Å². The Labute approximate surface area is 163 Å². The lowest BCUT2D eigenvalue weighted by Crippen LogP contribution is -2.03. The number of hydrogen-bond acceptors (Lipinski definition) is 1. The fraction of sp³-hybridized carbons (Fsp3) is 0.136. The highest BCUT2D eigenvalue weighted by atomic mass is 35.5. The largest absolute Gasteiger partial charge is 0.338 e. The zero-order chi connectivity index (χ0) is 18.3. The summed E-state index contributed by atoms with van der Waals surface area (Å²) >= 11 is 12.2. The third kappa shape index (κ3) is 3.00. The van der Waals surface area contributed by atoms with Gasteiger partial charge < -0.3 is 4.57 Å². The summed E-state index contributed by atoms with van der Waals surface area (Å²) in [6.45, 7) is 5.08. The molecule has 2 nitrogen and oxygen atoms in total. The van der Waals surface area contributed by atoms with Crippen molar-refractivity contribution < 1.29 is 0 Å². The van der Waals surface area contributed by atoms with Gasteiger partial charge in [0.05, 0.1) is 11.2 Å². The van der Waals surface area contributed by atoms with E-state index in [0.29, 0.717) is 0 Å². The van der Waals surface area contributed by atoms with Crippen molar-refractivity contribution in [1.82, 2.24) is 9.55 Å². The Morgan fingerprint density at radius 3 is 2.42 bits per heavy atom. The van der Waals surface area contributed by atoms with Crippen molar-refractivity contribution in [3.8, 4) is 11.3 Å². The van der Waals surface area contributed by atoms with Crippen molar-refractivity contribution >= 4 is 34.1 Å². The summed E-state index contributed by atoms with van der Waals surface area (Å²) in [6.07, 6.45) is 1.88. The average Bonchev–Trinajstić information content (AvgIpc) is 2.88. The summed E-state index contributed by atoms with van der Waals surface area (Å²) in [4.78, 5) is 4.69. The lowest BCUT2D eigenvalue weighted by atomic mass is 10.1. The van der Waals surface area contributed by atoms with Crippen LogP contribution in [-0.2, 0) is 6.54 Å². The number of nitrogens with zero attached hydrogens (tertiary/aromatic N) is 2. The number of rotatable bonds is 3. The molecule has 4 heteroatoms. The molecular weight excluding hydrogens is 363 g/mol. The van der Waals surface area contributed by atoms with Crippen LogP contribution in [0.1, 0.15) is 16.8 Å². The van der Waals surface area contributed by atoms with E-state index in [0.717, 1.165) is 33.4 Å². The summed E-state index contributed by atoms with van der Waals surface area (Å²) in [5.74, 6) is 0. The van der Waals surface area contributed by atoms with Crippen molar-refractivity contribution in [3.05, 3.63) is 87.7 Å². The number of aryl methyl sites for hydroxylation is 1. The zero-order valence-corrected chi connectivity index (χ0v) is 16.1. The van der Waals surface area contributed by atoms with Crippen LogP contribution < -0.4 is 0 Å². The highest BCUT2D eigenvalue weighted by Crippen LogP contribution is 2.33. The minimum Gasteiger partial charge on any atom is -0.338 e. The van der Waals surface area contributed by atoms with Crippen molar-refractivity contribution in [1.29, 1.82) is 0 Å². The number of halogens is 2. The van der Waals surface area contributed by atoms with Gasteiger partial charge >= 0.3 is 0 Å². The Hall–Kier alpha value is -2.29. The molecule has 2 aromatic carbocycles. The molecule has 26 heavy (non-hydrogen) atoms. The van der Waals surface area contributed by atoms with E-state index in [1.807, 2.05) is 48.7 Å². The maximum absolute atomic E-state index is 6.18. The van der Waals surface area contributed by atoms with E-state index >= 15 is 0 Å². The second kappa shape index (κ2) is 6.79. The third-order valence-corrected chi connectivity index (χ3v) is 5.38.